The van der Waals surface area contributed by atoms with Crippen LogP contribution in [0.4, 0.5) is 4.79 Å². The summed E-state index contributed by atoms with van der Waals surface area (Å²) in [6, 6.07) is 5.24. The highest BCUT2D eigenvalue weighted by Crippen LogP contribution is 2.27. The molecule has 1 aliphatic carbocycles. The number of rotatable bonds is 9. The topological polar surface area (TPSA) is 108 Å². The number of carbonyl (C=O) groups is 3. The summed E-state index contributed by atoms with van der Waals surface area (Å²) >= 11 is 0. The van der Waals surface area contributed by atoms with Crippen molar-refractivity contribution in [1.82, 2.24) is 15.5 Å². The molecular weight excluding hydrogens is 446 g/mol. The maximum absolute atomic E-state index is 13.7. The number of nitrogens with one attached hydrogen (secondary N) is 2. The fourth-order valence-corrected chi connectivity index (χ4v) is 4.40. The van der Waals surface area contributed by atoms with Gasteiger partial charge in [-0.15, -0.1) is 0 Å². The van der Waals surface area contributed by atoms with Gasteiger partial charge < -0.3 is 25.4 Å². The summed E-state index contributed by atoms with van der Waals surface area (Å²) in [5.41, 5.74) is 1.06. The van der Waals surface area contributed by atoms with Gasteiger partial charge in [-0.05, 0) is 65.0 Å². The van der Waals surface area contributed by atoms with Crippen molar-refractivity contribution in [2.75, 3.05) is 6.61 Å². The molecule has 1 saturated carbocycles. The molecule has 35 heavy (non-hydrogen) atoms. The van der Waals surface area contributed by atoms with Gasteiger partial charge in [0.15, 0.2) is 0 Å². The van der Waals surface area contributed by atoms with Crippen molar-refractivity contribution in [3.8, 4) is 0 Å². The van der Waals surface area contributed by atoms with Gasteiger partial charge in [0.25, 0.3) is 0 Å². The first-order valence-electron chi connectivity index (χ1n) is 12.8. The van der Waals surface area contributed by atoms with Gasteiger partial charge in [0.1, 0.15) is 17.7 Å². The Labute approximate surface area is 209 Å². The van der Waals surface area contributed by atoms with Crippen LogP contribution in [0.25, 0.3) is 0 Å². The van der Waals surface area contributed by atoms with Crippen molar-refractivity contribution in [1.29, 1.82) is 0 Å². The van der Waals surface area contributed by atoms with Crippen LogP contribution in [0, 0.1) is 0 Å². The van der Waals surface area contributed by atoms with Gasteiger partial charge in [-0.25, -0.2) is 4.79 Å². The maximum Gasteiger partial charge on any atom is 0.408 e. The van der Waals surface area contributed by atoms with Gasteiger partial charge >= 0.3 is 6.09 Å². The van der Waals surface area contributed by atoms with Crippen molar-refractivity contribution in [2.45, 2.75) is 110 Å². The lowest BCUT2D eigenvalue weighted by atomic mass is 9.94. The first-order valence-corrected chi connectivity index (χ1v) is 12.8. The molecule has 0 aliphatic heterocycles. The zero-order chi connectivity index (χ0) is 26.2. The van der Waals surface area contributed by atoms with Crippen LogP contribution in [0.2, 0.25) is 0 Å². The Morgan fingerprint density at radius 2 is 1.69 bits per heavy atom. The SMILES string of the molecule is CCc1ccc(C(C(=O)NC2CCCCC2)N(C(=O)C(CO)NC(=O)OC(C)(C)C)C(C)C)cc1. The van der Waals surface area contributed by atoms with Crippen LogP contribution in [0.3, 0.4) is 0 Å². The number of aliphatic hydroxyl groups excluding tert-OH is 1. The van der Waals surface area contributed by atoms with E-state index in [0.29, 0.717) is 5.56 Å². The second-order valence-corrected chi connectivity index (χ2v) is 10.6. The van der Waals surface area contributed by atoms with Crippen LogP contribution in [-0.2, 0) is 20.7 Å². The molecule has 0 spiro atoms. The lowest BCUT2D eigenvalue weighted by Crippen LogP contribution is -2.56. The number of amides is 3. The van der Waals surface area contributed by atoms with Crippen molar-refractivity contribution in [3.63, 3.8) is 0 Å². The number of aryl methyl sites for hydroxylation is 1. The van der Waals surface area contributed by atoms with E-state index in [2.05, 4.69) is 17.6 Å². The molecule has 1 fully saturated rings. The van der Waals surface area contributed by atoms with E-state index < -0.39 is 36.3 Å². The van der Waals surface area contributed by atoms with Crippen LogP contribution in [0.5, 0.6) is 0 Å². The molecule has 0 aromatic heterocycles. The Balaban J connectivity index is 2.38. The number of alkyl carbamates (subject to hydrolysis) is 1. The van der Waals surface area contributed by atoms with Crippen molar-refractivity contribution in [3.05, 3.63) is 35.4 Å². The number of nitrogens with zero attached hydrogens (tertiary/aromatic N) is 1. The van der Waals surface area contributed by atoms with Gasteiger partial charge in [-0.3, -0.25) is 9.59 Å². The van der Waals surface area contributed by atoms with Gasteiger partial charge in [0.05, 0.1) is 6.61 Å². The van der Waals surface area contributed by atoms with Gasteiger partial charge in [0.2, 0.25) is 11.8 Å². The molecule has 2 rings (SSSR count). The molecule has 0 bridgehead atoms. The number of benzene rings is 1. The van der Waals surface area contributed by atoms with Gasteiger partial charge in [-0.1, -0.05) is 50.5 Å². The molecular formula is C27H43N3O5. The van der Waals surface area contributed by atoms with E-state index in [-0.39, 0.29) is 18.0 Å². The van der Waals surface area contributed by atoms with Gasteiger partial charge in [0, 0.05) is 12.1 Å². The van der Waals surface area contributed by atoms with E-state index in [9.17, 15) is 19.5 Å². The maximum atomic E-state index is 13.7. The molecule has 8 heteroatoms. The second kappa shape index (κ2) is 12.9. The summed E-state index contributed by atoms with van der Waals surface area (Å²) in [6.07, 6.45) is 5.20. The Hall–Kier alpha value is -2.61. The summed E-state index contributed by atoms with van der Waals surface area (Å²) < 4.78 is 5.27. The number of hydrogen-bond donors (Lipinski definition) is 3. The fourth-order valence-electron chi connectivity index (χ4n) is 4.40. The molecule has 0 saturated heterocycles. The molecule has 1 aromatic carbocycles. The summed E-state index contributed by atoms with van der Waals surface area (Å²) in [7, 11) is 0. The highest BCUT2D eigenvalue weighted by atomic mass is 16.6. The van der Waals surface area contributed by atoms with Crippen LogP contribution in [-0.4, -0.2) is 58.2 Å². The Bertz CT molecular complexity index is 841. The highest BCUT2D eigenvalue weighted by Gasteiger charge is 2.38. The van der Waals surface area contributed by atoms with Crippen molar-refractivity contribution < 1.29 is 24.2 Å². The summed E-state index contributed by atoms with van der Waals surface area (Å²) in [4.78, 5) is 41.1. The second-order valence-electron chi connectivity index (χ2n) is 10.6. The monoisotopic (exact) mass is 489 g/mol. The Morgan fingerprint density at radius 3 is 2.17 bits per heavy atom. The first-order chi connectivity index (χ1) is 16.5. The zero-order valence-electron chi connectivity index (χ0n) is 22.1. The van der Waals surface area contributed by atoms with E-state index >= 15 is 0 Å². The third-order valence-electron chi connectivity index (χ3n) is 6.16. The molecule has 2 unspecified atom stereocenters. The first kappa shape index (κ1) is 28.6. The minimum atomic E-state index is -1.24. The summed E-state index contributed by atoms with van der Waals surface area (Å²) in [5, 5.41) is 15.6. The number of aliphatic hydroxyl groups is 1. The predicted octanol–water partition coefficient (Wildman–Crippen LogP) is 3.86. The van der Waals surface area contributed by atoms with Crippen LogP contribution >= 0.6 is 0 Å². The van der Waals surface area contributed by atoms with Crippen molar-refractivity contribution in [2.24, 2.45) is 0 Å². The highest BCUT2D eigenvalue weighted by molar-refractivity contribution is 5.92. The smallest absolute Gasteiger partial charge is 0.408 e. The zero-order valence-corrected chi connectivity index (χ0v) is 22.1. The van der Waals surface area contributed by atoms with E-state index in [1.807, 2.05) is 38.1 Å². The number of carbonyl (C=O) groups excluding carboxylic acids is 3. The number of ether oxygens (including phenoxy) is 1. The third kappa shape index (κ3) is 8.53. The molecule has 0 radical (unpaired) electrons. The molecule has 196 valence electrons. The minimum absolute atomic E-state index is 0.0753. The summed E-state index contributed by atoms with van der Waals surface area (Å²) in [6.45, 7) is 10.2. The lowest BCUT2D eigenvalue weighted by molar-refractivity contribution is -0.145. The van der Waals surface area contributed by atoms with Crippen LogP contribution in [0.15, 0.2) is 24.3 Å². The molecule has 2 atom stereocenters. The molecule has 1 aliphatic rings. The van der Waals surface area contributed by atoms with Crippen LogP contribution in [0.1, 0.15) is 90.8 Å². The third-order valence-corrected chi connectivity index (χ3v) is 6.16. The Kier molecular flexibility index (Phi) is 10.6. The molecule has 3 amide bonds. The van der Waals surface area contributed by atoms with E-state index in [0.717, 1.165) is 37.7 Å². The summed E-state index contributed by atoms with van der Waals surface area (Å²) in [5.74, 6) is -0.797. The average Bonchev–Trinajstić information content (AvgIpc) is 2.79. The van der Waals surface area contributed by atoms with E-state index in [1.54, 1.807) is 20.8 Å². The molecule has 3 N–H and O–H groups in total. The average molecular weight is 490 g/mol. The molecule has 0 heterocycles. The number of hydrogen-bond acceptors (Lipinski definition) is 5. The van der Waals surface area contributed by atoms with E-state index in [1.165, 1.54) is 11.3 Å². The standard InChI is InChI=1S/C27H43N3O5/c1-7-19-13-15-20(16-14-19)23(24(32)28-21-11-9-8-10-12-21)30(18(2)3)25(33)22(17-31)29-26(34)35-27(4,5)6/h13-16,18,21-23,31H,7-12,17H2,1-6H3,(H,28,32)(H,29,34). The minimum Gasteiger partial charge on any atom is -0.444 e. The lowest BCUT2D eigenvalue weighted by Gasteiger charge is -2.37. The van der Waals surface area contributed by atoms with Gasteiger partial charge in [-0.2, -0.15) is 0 Å². The van der Waals surface area contributed by atoms with Crippen molar-refractivity contribution >= 4 is 17.9 Å². The Morgan fingerprint density at radius 1 is 1.09 bits per heavy atom. The predicted molar refractivity (Wildman–Crippen MR) is 136 cm³/mol. The quantitative estimate of drug-likeness (QED) is 0.488. The molecule has 1 aromatic rings. The largest absolute Gasteiger partial charge is 0.444 e. The fraction of sp³-hybridized carbons (Fsp3) is 0.667. The normalized spacial score (nSPS) is 16.3. The van der Waals surface area contributed by atoms with Crippen LogP contribution < -0.4 is 10.6 Å². The molecule has 8 nitrogen and oxygen atoms in total. The van der Waals surface area contributed by atoms with E-state index in [4.69, 9.17) is 4.74 Å².